The summed E-state index contributed by atoms with van der Waals surface area (Å²) in [5, 5.41) is 4.19. The Morgan fingerprint density at radius 1 is 1.25 bits per heavy atom. The van der Waals surface area contributed by atoms with Gasteiger partial charge < -0.3 is 28.7 Å². The molecule has 138 valence electrons. The van der Waals surface area contributed by atoms with Crippen LogP contribution in [0, 0.1) is 0 Å². The summed E-state index contributed by atoms with van der Waals surface area (Å²) in [7, 11) is -3.90. The summed E-state index contributed by atoms with van der Waals surface area (Å²) in [6.07, 6.45) is 3.17. The van der Waals surface area contributed by atoms with Crippen LogP contribution in [0.2, 0.25) is 0 Å². The second-order valence-corrected chi connectivity index (χ2v) is 5.62. The van der Waals surface area contributed by atoms with E-state index in [0.717, 1.165) is 19.0 Å². The van der Waals surface area contributed by atoms with E-state index < -0.39 is 15.2 Å². The maximum absolute atomic E-state index is 10.7. The van der Waals surface area contributed by atoms with Crippen molar-refractivity contribution in [2.45, 2.75) is 24.9 Å². The van der Waals surface area contributed by atoms with Crippen molar-refractivity contribution in [3.8, 4) is 0 Å². The Bertz CT molecular complexity index is 672. The molecular formula is C10H23ClN10O2S. The topological polar surface area (TPSA) is 241 Å². The number of unbranched alkanes of at least 4 members (excludes halogenated alkanes) is 1. The molecule has 12 N–H and O–H groups in total. The Morgan fingerprint density at radius 2 is 1.83 bits per heavy atom. The minimum absolute atomic E-state index is 0. The zero-order valence-corrected chi connectivity index (χ0v) is 14.7. The molecule has 1 aromatic rings. The first-order valence-corrected chi connectivity index (χ1v) is 7.92. The number of aliphatic imine (C=N–C) groups is 2. The second-order valence-electron chi connectivity index (χ2n) is 4.17. The number of halogens is 1. The van der Waals surface area contributed by atoms with Crippen molar-refractivity contribution in [1.29, 1.82) is 0 Å². The van der Waals surface area contributed by atoms with E-state index in [1.807, 2.05) is 0 Å². The first-order valence-electron chi connectivity index (χ1n) is 6.38. The number of hydrogen-bond acceptors (Lipinski definition) is 7. The van der Waals surface area contributed by atoms with Crippen molar-refractivity contribution in [3.63, 3.8) is 0 Å². The normalized spacial score (nSPS) is 10.8. The number of nitrogens with two attached hydrogens (primary N) is 6. The standard InChI is InChI=1S/C6H15N5.C4H7N5O2S.ClH/c1-2-3-4-10-6(9)11-5(7)8;5-2-1-8-4(9-3(2)6)12(7,10)11;/h2-4H2,1H3,(H6,7,8,9,10,11);1H,5H2,(H2,6,8,9)(H2,7,10,11);1H. The van der Waals surface area contributed by atoms with Crippen molar-refractivity contribution in [1.82, 2.24) is 9.97 Å². The summed E-state index contributed by atoms with van der Waals surface area (Å²) in [6, 6.07) is 0. The molecule has 0 bridgehead atoms. The molecule has 14 heteroatoms. The van der Waals surface area contributed by atoms with Gasteiger partial charge in [-0.05, 0) is 6.42 Å². The van der Waals surface area contributed by atoms with Crippen LogP contribution in [-0.2, 0) is 10.0 Å². The number of hydrogen-bond donors (Lipinski definition) is 6. The first-order chi connectivity index (χ1) is 10.6. The molecule has 0 spiro atoms. The molecule has 0 aromatic carbocycles. The van der Waals surface area contributed by atoms with Gasteiger partial charge in [0.15, 0.2) is 11.8 Å². The summed E-state index contributed by atoms with van der Waals surface area (Å²) in [4.78, 5) is 14.2. The van der Waals surface area contributed by atoms with Gasteiger partial charge in [-0.1, -0.05) is 13.3 Å². The molecule has 1 heterocycles. The van der Waals surface area contributed by atoms with Crippen molar-refractivity contribution in [2.24, 2.45) is 32.3 Å². The highest BCUT2D eigenvalue weighted by molar-refractivity contribution is 7.89. The van der Waals surface area contributed by atoms with E-state index in [1.54, 1.807) is 0 Å². The highest BCUT2D eigenvalue weighted by Gasteiger charge is 2.12. The minimum Gasteiger partial charge on any atom is -0.394 e. The van der Waals surface area contributed by atoms with Crippen molar-refractivity contribution >= 4 is 45.9 Å². The Hall–Kier alpha value is -2.38. The van der Waals surface area contributed by atoms with Gasteiger partial charge in [-0.25, -0.2) is 18.5 Å². The molecule has 0 aliphatic carbocycles. The van der Waals surface area contributed by atoms with E-state index in [2.05, 4.69) is 26.9 Å². The predicted octanol–water partition coefficient (Wildman–Crippen LogP) is -1.92. The monoisotopic (exact) mass is 382 g/mol. The van der Waals surface area contributed by atoms with Gasteiger partial charge in [-0.2, -0.15) is 9.98 Å². The van der Waals surface area contributed by atoms with Gasteiger partial charge in [-0.15, -0.1) is 12.4 Å². The molecular weight excluding hydrogens is 360 g/mol. The van der Waals surface area contributed by atoms with E-state index in [1.165, 1.54) is 0 Å². The summed E-state index contributed by atoms with van der Waals surface area (Å²) in [5.74, 6) is -0.00442. The van der Waals surface area contributed by atoms with Crippen molar-refractivity contribution < 1.29 is 8.42 Å². The number of nitrogen functional groups attached to an aromatic ring is 2. The molecule has 0 unspecified atom stereocenters. The van der Waals surface area contributed by atoms with Gasteiger partial charge in [-0.3, -0.25) is 4.99 Å². The Labute approximate surface area is 146 Å². The fourth-order valence-corrected chi connectivity index (χ4v) is 1.47. The molecule has 1 aromatic heterocycles. The highest BCUT2D eigenvalue weighted by Crippen LogP contribution is 2.10. The maximum atomic E-state index is 10.7. The van der Waals surface area contributed by atoms with Gasteiger partial charge >= 0.3 is 0 Å². The van der Waals surface area contributed by atoms with Crippen molar-refractivity contribution in [3.05, 3.63) is 6.20 Å². The molecule has 0 aliphatic rings. The second kappa shape index (κ2) is 11.2. The van der Waals surface area contributed by atoms with Gasteiger partial charge in [0.1, 0.15) is 0 Å². The molecule has 0 saturated carbocycles. The number of sulfonamides is 1. The zero-order chi connectivity index (χ0) is 18.0. The number of anilines is 2. The van der Waals surface area contributed by atoms with Crippen LogP contribution < -0.4 is 33.8 Å². The molecule has 0 aliphatic heterocycles. The summed E-state index contributed by atoms with van der Waals surface area (Å²) < 4.78 is 21.3. The molecule has 0 fully saturated rings. The van der Waals surface area contributed by atoms with Gasteiger partial charge in [0, 0.05) is 6.54 Å². The Morgan fingerprint density at radius 3 is 2.25 bits per heavy atom. The van der Waals surface area contributed by atoms with Crippen LogP contribution in [0.25, 0.3) is 0 Å². The highest BCUT2D eigenvalue weighted by atomic mass is 35.5. The molecule has 0 atom stereocenters. The third kappa shape index (κ3) is 10.4. The average Bonchev–Trinajstić information content (AvgIpc) is 2.41. The fraction of sp³-hybridized carbons (Fsp3) is 0.400. The van der Waals surface area contributed by atoms with Crippen LogP contribution >= 0.6 is 12.4 Å². The van der Waals surface area contributed by atoms with Gasteiger partial charge in [0.05, 0.1) is 11.9 Å². The van der Waals surface area contributed by atoms with Gasteiger partial charge in [0.2, 0.25) is 5.96 Å². The lowest BCUT2D eigenvalue weighted by Gasteiger charge is -1.99. The first kappa shape index (κ1) is 23.9. The minimum atomic E-state index is -3.90. The largest absolute Gasteiger partial charge is 0.394 e. The van der Waals surface area contributed by atoms with Crippen LogP contribution in [0.15, 0.2) is 21.3 Å². The Balaban J connectivity index is 0. The van der Waals surface area contributed by atoms with E-state index in [9.17, 15) is 8.42 Å². The summed E-state index contributed by atoms with van der Waals surface area (Å²) in [5.41, 5.74) is 26.0. The third-order valence-corrected chi connectivity index (χ3v) is 2.82. The molecule has 0 amide bonds. The third-order valence-electron chi connectivity index (χ3n) is 2.11. The van der Waals surface area contributed by atoms with Gasteiger partial charge in [0.25, 0.3) is 15.2 Å². The number of primary sulfonamides is 1. The number of rotatable bonds is 4. The quantitative estimate of drug-likeness (QED) is 0.147. The van der Waals surface area contributed by atoms with Crippen LogP contribution in [0.3, 0.4) is 0 Å². The molecule has 0 saturated heterocycles. The van der Waals surface area contributed by atoms with E-state index >= 15 is 0 Å². The molecule has 24 heavy (non-hydrogen) atoms. The zero-order valence-electron chi connectivity index (χ0n) is 13.1. The predicted molar refractivity (Wildman–Crippen MR) is 96.7 cm³/mol. The number of guanidine groups is 2. The smallest absolute Gasteiger partial charge is 0.273 e. The van der Waals surface area contributed by atoms with Crippen LogP contribution in [0.4, 0.5) is 11.5 Å². The van der Waals surface area contributed by atoms with Crippen LogP contribution in [-0.4, -0.2) is 36.8 Å². The fourth-order valence-electron chi connectivity index (χ4n) is 1.04. The maximum Gasteiger partial charge on any atom is 0.273 e. The number of nitrogens with zero attached hydrogens (tertiary/aromatic N) is 4. The number of aromatic nitrogens is 2. The summed E-state index contributed by atoms with van der Waals surface area (Å²) in [6.45, 7) is 2.76. The summed E-state index contributed by atoms with van der Waals surface area (Å²) >= 11 is 0. The molecule has 1 rings (SSSR count). The van der Waals surface area contributed by atoms with E-state index in [4.69, 9.17) is 33.8 Å². The molecule has 12 nitrogen and oxygen atoms in total. The van der Waals surface area contributed by atoms with E-state index in [0.29, 0.717) is 6.54 Å². The van der Waals surface area contributed by atoms with Crippen molar-refractivity contribution in [2.75, 3.05) is 18.0 Å². The van der Waals surface area contributed by atoms with Crippen LogP contribution in [0.1, 0.15) is 19.8 Å². The SMILES string of the molecule is CCCCN=C(N)N=C(N)N.Cl.Nc1cnc(S(N)(=O)=O)nc1N. The van der Waals surface area contributed by atoms with E-state index in [-0.39, 0.29) is 35.8 Å². The molecule has 0 radical (unpaired) electrons. The average molecular weight is 383 g/mol. The van der Waals surface area contributed by atoms with Crippen LogP contribution in [0.5, 0.6) is 0 Å². The Kier molecular flexibility index (Phi) is 11.1. The lowest BCUT2D eigenvalue weighted by molar-refractivity contribution is 0.589. The lowest BCUT2D eigenvalue weighted by Crippen LogP contribution is -2.26. The lowest BCUT2D eigenvalue weighted by atomic mass is 10.3.